The minimum Gasteiger partial charge on any atom is -0.481 e. The zero-order chi connectivity index (χ0) is 53.8. The van der Waals surface area contributed by atoms with Crippen molar-refractivity contribution in [3.63, 3.8) is 0 Å². The highest BCUT2D eigenvalue weighted by Crippen LogP contribution is 2.20. The molecule has 0 bridgehead atoms. The first-order valence-corrected chi connectivity index (χ1v) is 24.2. The molecule has 0 aliphatic rings. The first kappa shape index (κ1) is 59.6. The summed E-state index contributed by atoms with van der Waals surface area (Å²) < 4.78 is 0. The van der Waals surface area contributed by atoms with Gasteiger partial charge in [-0.3, -0.25) is 43.7 Å². The topological polar surface area (TPSA) is 352 Å². The number of carbonyl (C=O) groups excluding carboxylic acids is 7. The fraction of sp³-hybridized carbons (Fsp3) is 0.540. The van der Waals surface area contributed by atoms with E-state index in [0.717, 1.165) is 16.5 Å². The summed E-state index contributed by atoms with van der Waals surface area (Å²) in [7, 11) is 0. The van der Waals surface area contributed by atoms with Crippen LogP contribution < -0.4 is 48.3 Å². The Morgan fingerprint density at radius 2 is 1.29 bits per heavy atom. The van der Waals surface area contributed by atoms with Crippen LogP contribution in [0.3, 0.4) is 0 Å². The lowest BCUT2D eigenvalue weighted by atomic mass is 10.0. The van der Waals surface area contributed by atoms with Crippen molar-refractivity contribution < 1.29 is 58.5 Å². The molecular formula is C50H74N10O12. The maximum atomic E-state index is 13.9. The molecular weight excluding hydrogens is 933 g/mol. The van der Waals surface area contributed by atoms with Gasteiger partial charge in [-0.25, -0.2) is 4.79 Å². The second-order valence-corrected chi connectivity index (χ2v) is 19.2. The molecule has 0 spiro atoms. The van der Waals surface area contributed by atoms with E-state index in [1.807, 2.05) is 52.0 Å². The number of aromatic nitrogens is 1. The zero-order valence-corrected chi connectivity index (χ0v) is 42.3. The Labute approximate surface area is 419 Å². The molecule has 1 aromatic heterocycles. The summed E-state index contributed by atoms with van der Waals surface area (Å²) in [6, 6.07) is 6.14. The molecule has 1 heterocycles. The summed E-state index contributed by atoms with van der Waals surface area (Å²) in [5, 5.41) is 51.4. The van der Waals surface area contributed by atoms with Crippen molar-refractivity contribution in [1.82, 2.24) is 47.5 Å². The van der Waals surface area contributed by atoms with Crippen molar-refractivity contribution in [1.29, 1.82) is 0 Å². The number of rotatable bonds is 30. The number of aliphatic hydroxyl groups is 1. The molecule has 396 valence electrons. The molecule has 72 heavy (non-hydrogen) atoms. The third-order valence-corrected chi connectivity index (χ3v) is 11.6. The van der Waals surface area contributed by atoms with Crippen molar-refractivity contribution in [2.24, 2.45) is 23.5 Å². The molecule has 22 nitrogen and oxygen atoms in total. The number of aliphatic carboxylic acids is 2. The van der Waals surface area contributed by atoms with Gasteiger partial charge in [0.05, 0.1) is 24.2 Å². The van der Waals surface area contributed by atoms with Crippen LogP contribution in [0.1, 0.15) is 103 Å². The number of carbonyl (C=O) groups is 9. The normalized spacial score (nSPS) is 14.8. The standard InChI is InChI=1S/C50H74N10O12/c1-26(2)20-37(46(67)59-42(30(8)61)49(70)58-41(28(5)6)50(71)72)54-24-31-12-11-13-32(22-31)44(65)60-47(68)38(23-33-25-55-36-15-10-9-14-34(33)36)52-18-19-53-43(64)29(7)56-48(69)39(21-27(3)4)57-45(66)35(51)16-17-40(62)63/h9-15,22,25-30,35,37-39,41-42,52,54-55,61H,16-21,23-24,51H2,1-8H3,(H,53,64)(H,56,69)(H,57,66)(H,58,70)(H,59,67)(H,62,63)(H,71,72)(H,60,65,68)/t29-,30+,35-,37-,38-,39-,41-,42-/m0/s1. The number of benzene rings is 2. The number of carboxylic acids is 2. The third-order valence-electron chi connectivity index (χ3n) is 11.6. The molecule has 8 atom stereocenters. The van der Waals surface area contributed by atoms with Crippen molar-refractivity contribution in [2.45, 2.75) is 142 Å². The van der Waals surface area contributed by atoms with E-state index in [-0.39, 0.29) is 62.7 Å². The highest BCUT2D eigenvalue weighted by atomic mass is 16.4. The number of para-hydroxylation sites is 1. The summed E-state index contributed by atoms with van der Waals surface area (Å²) in [6.45, 7) is 13.6. The van der Waals surface area contributed by atoms with E-state index >= 15 is 0 Å². The van der Waals surface area contributed by atoms with Gasteiger partial charge in [0.25, 0.3) is 5.91 Å². The lowest BCUT2D eigenvalue weighted by molar-refractivity contribution is -0.144. The monoisotopic (exact) mass is 1010 g/mol. The van der Waals surface area contributed by atoms with E-state index < -0.39 is 108 Å². The van der Waals surface area contributed by atoms with Crippen LogP contribution in [0.4, 0.5) is 0 Å². The Hall–Kier alpha value is -6.75. The average Bonchev–Trinajstić information content (AvgIpc) is 3.72. The zero-order valence-electron chi connectivity index (χ0n) is 42.3. The van der Waals surface area contributed by atoms with Gasteiger partial charge in [-0.05, 0) is 86.6 Å². The van der Waals surface area contributed by atoms with Crippen LogP contribution in [0.5, 0.6) is 0 Å². The molecule has 3 aromatic rings. The number of nitrogens with one attached hydrogen (secondary N) is 9. The van der Waals surface area contributed by atoms with Gasteiger partial charge >= 0.3 is 11.9 Å². The Morgan fingerprint density at radius 3 is 1.92 bits per heavy atom. The van der Waals surface area contributed by atoms with Crippen LogP contribution in [0.2, 0.25) is 0 Å². The third kappa shape index (κ3) is 19.5. The summed E-state index contributed by atoms with van der Waals surface area (Å²) in [4.78, 5) is 119. The fourth-order valence-corrected chi connectivity index (χ4v) is 7.64. The number of hydrogen-bond acceptors (Lipinski definition) is 13. The number of fused-ring (bicyclic) bond motifs is 1. The SMILES string of the molecule is CC(C)C[C@H](NCc1cccc(C(=O)NC(=O)[C@H](Cc2c[nH]c3ccccc23)NCCNC(=O)[C@H](C)NC(=O)[C@H](CC(C)C)NC(=O)[C@@H](N)CCC(=O)O)c1)C(=O)N[C@H](C(=O)N[C@H](C(=O)O)C(C)C)[C@@H](C)O. The van der Waals surface area contributed by atoms with Gasteiger partial charge in [0, 0.05) is 48.7 Å². The van der Waals surface area contributed by atoms with E-state index in [9.17, 15) is 53.4 Å². The fourth-order valence-electron chi connectivity index (χ4n) is 7.64. The van der Waals surface area contributed by atoms with Gasteiger partial charge in [-0.1, -0.05) is 71.9 Å². The Bertz CT molecular complexity index is 2350. The first-order valence-electron chi connectivity index (χ1n) is 24.2. The Morgan fingerprint density at radius 1 is 0.653 bits per heavy atom. The van der Waals surface area contributed by atoms with Crippen LogP contribution >= 0.6 is 0 Å². The molecule has 14 N–H and O–H groups in total. The molecule has 7 amide bonds. The van der Waals surface area contributed by atoms with E-state index in [4.69, 9.17) is 10.8 Å². The predicted octanol–water partition coefficient (Wildman–Crippen LogP) is 0.564. The molecule has 0 fully saturated rings. The van der Waals surface area contributed by atoms with E-state index in [1.165, 1.54) is 19.9 Å². The molecule has 22 heteroatoms. The number of imide groups is 1. The number of hydrogen-bond donors (Lipinski definition) is 13. The smallest absolute Gasteiger partial charge is 0.326 e. The number of aromatic amines is 1. The molecule has 2 aromatic carbocycles. The second-order valence-electron chi connectivity index (χ2n) is 19.2. The van der Waals surface area contributed by atoms with Gasteiger partial charge in [0.2, 0.25) is 35.4 Å². The lowest BCUT2D eigenvalue weighted by Crippen LogP contribution is -2.59. The minimum atomic E-state index is -1.45. The molecule has 0 unspecified atom stereocenters. The van der Waals surface area contributed by atoms with Gasteiger partial charge in [-0.2, -0.15) is 0 Å². The van der Waals surface area contributed by atoms with E-state index in [0.29, 0.717) is 12.0 Å². The summed E-state index contributed by atoms with van der Waals surface area (Å²) in [6.07, 6.45) is 0.647. The van der Waals surface area contributed by atoms with Gasteiger partial charge < -0.3 is 63.3 Å². The maximum absolute atomic E-state index is 13.9. The molecule has 0 saturated heterocycles. The van der Waals surface area contributed by atoms with Crippen LogP contribution in [0.15, 0.2) is 54.7 Å². The molecule has 0 radical (unpaired) electrons. The average molecular weight is 1010 g/mol. The lowest BCUT2D eigenvalue weighted by Gasteiger charge is -2.27. The Kier molecular flexibility index (Phi) is 23.9. The number of H-pyrrole nitrogens is 1. The summed E-state index contributed by atoms with van der Waals surface area (Å²) in [5.41, 5.74) is 8.18. The van der Waals surface area contributed by atoms with Crippen LogP contribution in [-0.2, 0) is 51.3 Å². The maximum Gasteiger partial charge on any atom is 0.326 e. The number of aliphatic hydroxyl groups excluding tert-OH is 1. The van der Waals surface area contributed by atoms with E-state index in [2.05, 4.69) is 47.5 Å². The highest BCUT2D eigenvalue weighted by Gasteiger charge is 2.33. The van der Waals surface area contributed by atoms with Crippen molar-refractivity contribution in [3.05, 3.63) is 71.4 Å². The van der Waals surface area contributed by atoms with Gasteiger partial charge in [0.1, 0.15) is 24.2 Å². The van der Waals surface area contributed by atoms with Crippen LogP contribution in [0, 0.1) is 17.8 Å². The first-order chi connectivity index (χ1) is 33.9. The quantitative estimate of drug-likeness (QED) is 0.0406. The summed E-state index contributed by atoms with van der Waals surface area (Å²) in [5.74, 6) is -7.57. The summed E-state index contributed by atoms with van der Waals surface area (Å²) >= 11 is 0. The van der Waals surface area contributed by atoms with Crippen molar-refractivity contribution in [2.75, 3.05) is 13.1 Å². The predicted molar refractivity (Wildman–Crippen MR) is 268 cm³/mol. The van der Waals surface area contributed by atoms with Crippen LogP contribution in [-0.4, -0.2) is 135 Å². The van der Waals surface area contributed by atoms with Crippen LogP contribution in [0.25, 0.3) is 10.9 Å². The largest absolute Gasteiger partial charge is 0.481 e. The Balaban J connectivity index is 1.69. The van der Waals surface area contributed by atoms with Crippen molar-refractivity contribution in [3.8, 4) is 0 Å². The molecule has 0 aliphatic heterocycles. The molecule has 3 rings (SSSR count). The number of carboxylic acid groups (broad SMARTS) is 2. The van der Waals surface area contributed by atoms with Gasteiger partial charge in [-0.15, -0.1) is 0 Å². The molecule has 0 saturated carbocycles. The number of amides is 7. The minimum absolute atomic E-state index is 0.00637. The van der Waals surface area contributed by atoms with Crippen molar-refractivity contribution >= 4 is 64.2 Å². The second kappa shape index (κ2) is 28.9. The van der Waals surface area contributed by atoms with E-state index in [1.54, 1.807) is 38.2 Å². The van der Waals surface area contributed by atoms with Gasteiger partial charge in [0.15, 0.2) is 0 Å². The highest BCUT2D eigenvalue weighted by molar-refractivity contribution is 6.06. The number of nitrogens with two attached hydrogens (primary N) is 1. The molecule has 0 aliphatic carbocycles.